The Labute approximate surface area is 103 Å². The van der Waals surface area contributed by atoms with E-state index in [0.29, 0.717) is 15.1 Å². The maximum absolute atomic E-state index is 12.6. The van der Waals surface area contributed by atoms with Gasteiger partial charge >= 0.3 is 0 Å². The van der Waals surface area contributed by atoms with E-state index >= 15 is 0 Å². The molecule has 0 amide bonds. The van der Waals surface area contributed by atoms with Crippen LogP contribution in [0, 0.1) is 5.82 Å². The molecular weight excluding hydrogens is 253 g/mol. The molecule has 0 bridgehead atoms. The summed E-state index contributed by atoms with van der Waals surface area (Å²) in [5.74, 6) is 0.294. The summed E-state index contributed by atoms with van der Waals surface area (Å²) in [6.45, 7) is 3.55. The lowest BCUT2D eigenvalue weighted by molar-refractivity contribution is 0.628. The van der Waals surface area contributed by atoms with Gasteiger partial charge in [-0.05, 0) is 24.3 Å². The van der Waals surface area contributed by atoms with Gasteiger partial charge in [0, 0.05) is 16.5 Å². The van der Waals surface area contributed by atoms with Crippen LogP contribution in [0.1, 0.15) is 0 Å². The highest BCUT2D eigenvalue weighted by Crippen LogP contribution is 2.15. The summed E-state index contributed by atoms with van der Waals surface area (Å²) in [4.78, 5) is 0. The average molecular weight is 262 g/mol. The molecule has 0 heterocycles. The lowest BCUT2D eigenvalue weighted by Crippen LogP contribution is -2.05. The SMILES string of the molecule is C=C(Cl)CSC(=S)Nc1ccc(F)cc1. The molecule has 0 aromatic heterocycles. The fourth-order valence-electron chi connectivity index (χ4n) is 0.831. The van der Waals surface area contributed by atoms with Gasteiger partial charge in [-0.2, -0.15) is 0 Å². The third-order valence-electron chi connectivity index (χ3n) is 1.45. The standard InChI is InChI=1S/C10H9ClFNS2/c1-7(11)6-15-10(14)13-9-4-2-8(12)3-5-9/h2-5H,1,6H2,(H,13,14). The molecule has 0 fully saturated rings. The van der Waals surface area contributed by atoms with Crippen LogP contribution in [-0.4, -0.2) is 10.1 Å². The number of thiocarbonyl (C=S) groups is 1. The molecule has 1 aromatic carbocycles. The lowest BCUT2D eigenvalue weighted by atomic mass is 10.3. The summed E-state index contributed by atoms with van der Waals surface area (Å²) in [6, 6.07) is 5.99. The topological polar surface area (TPSA) is 12.0 Å². The average Bonchev–Trinajstić information content (AvgIpc) is 2.19. The zero-order valence-electron chi connectivity index (χ0n) is 7.80. The van der Waals surface area contributed by atoms with Crippen molar-refractivity contribution in [2.45, 2.75) is 0 Å². The Kier molecular flexibility index (Phi) is 5.08. The lowest BCUT2D eigenvalue weighted by Gasteiger charge is -2.06. The molecule has 15 heavy (non-hydrogen) atoms. The van der Waals surface area contributed by atoms with E-state index in [1.54, 1.807) is 12.1 Å². The molecule has 0 aliphatic rings. The van der Waals surface area contributed by atoms with Gasteiger partial charge in [0.1, 0.15) is 10.1 Å². The van der Waals surface area contributed by atoms with Crippen LogP contribution in [0.3, 0.4) is 0 Å². The number of benzene rings is 1. The molecule has 0 aliphatic carbocycles. The van der Waals surface area contributed by atoms with E-state index in [-0.39, 0.29) is 5.82 Å². The molecule has 0 saturated heterocycles. The predicted molar refractivity (Wildman–Crippen MR) is 70.1 cm³/mol. The van der Waals surface area contributed by atoms with Crippen LogP contribution in [0.2, 0.25) is 0 Å². The first-order valence-electron chi connectivity index (χ1n) is 4.10. The van der Waals surface area contributed by atoms with Crippen molar-refractivity contribution >= 4 is 45.6 Å². The summed E-state index contributed by atoms with van der Waals surface area (Å²) >= 11 is 12.0. The number of thioether (sulfide) groups is 1. The smallest absolute Gasteiger partial charge is 0.138 e. The highest BCUT2D eigenvalue weighted by molar-refractivity contribution is 8.23. The predicted octanol–water partition coefficient (Wildman–Crippen LogP) is 4.01. The highest BCUT2D eigenvalue weighted by atomic mass is 35.5. The zero-order valence-corrected chi connectivity index (χ0v) is 10.2. The van der Waals surface area contributed by atoms with Gasteiger partial charge in [-0.15, -0.1) is 0 Å². The second kappa shape index (κ2) is 6.10. The zero-order chi connectivity index (χ0) is 11.3. The normalized spacial score (nSPS) is 9.73. The summed E-state index contributed by atoms with van der Waals surface area (Å²) in [6.07, 6.45) is 0. The molecule has 1 rings (SSSR count). The summed E-state index contributed by atoms with van der Waals surface area (Å²) in [5, 5.41) is 3.50. The van der Waals surface area contributed by atoms with Crippen molar-refractivity contribution in [3.05, 3.63) is 41.7 Å². The second-order valence-corrected chi connectivity index (χ2v) is 4.91. The molecule has 5 heteroatoms. The number of hydrogen-bond acceptors (Lipinski definition) is 2. The molecule has 1 nitrogen and oxygen atoms in total. The number of rotatable bonds is 3. The van der Waals surface area contributed by atoms with Gasteiger partial charge in [0.15, 0.2) is 0 Å². The van der Waals surface area contributed by atoms with Gasteiger partial charge in [-0.25, -0.2) is 4.39 Å². The number of nitrogens with one attached hydrogen (secondary N) is 1. The fraction of sp³-hybridized carbons (Fsp3) is 0.100. The highest BCUT2D eigenvalue weighted by Gasteiger charge is 1.99. The maximum atomic E-state index is 12.6. The van der Waals surface area contributed by atoms with Crippen molar-refractivity contribution in [3.63, 3.8) is 0 Å². The molecule has 0 spiro atoms. The van der Waals surface area contributed by atoms with E-state index in [1.165, 1.54) is 23.9 Å². The van der Waals surface area contributed by atoms with Crippen LogP contribution >= 0.6 is 35.6 Å². The fourth-order valence-corrected chi connectivity index (χ4v) is 1.77. The Morgan fingerprint density at radius 1 is 1.47 bits per heavy atom. The largest absolute Gasteiger partial charge is 0.341 e. The minimum atomic E-state index is -0.270. The van der Waals surface area contributed by atoms with E-state index in [0.717, 1.165) is 5.69 Å². The van der Waals surface area contributed by atoms with Gasteiger partial charge in [0.05, 0.1) is 0 Å². The van der Waals surface area contributed by atoms with Crippen LogP contribution in [0.25, 0.3) is 0 Å². The molecule has 0 aliphatic heterocycles. The molecule has 80 valence electrons. The molecule has 1 aromatic rings. The van der Waals surface area contributed by atoms with E-state index < -0.39 is 0 Å². The van der Waals surface area contributed by atoms with Gasteiger partial charge in [-0.3, -0.25) is 0 Å². The van der Waals surface area contributed by atoms with E-state index in [4.69, 9.17) is 23.8 Å². The van der Waals surface area contributed by atoms with Crippen molar-refractivity contribution in [1.82, 2.24) is 0 Å². The van der Waals surface area contributed by atoms with Crippen LogP contribution in [0.15, 0.2) is 35.9 Å². The molecule has 0 saturated carbocycles. The van der Waals surface area contributed by atoms with Crippen molar-refractivity contribution in [1.29, 1.82) is 0 Å². The van der Waals surface area contributed by atoms with Crippen LogP contribution in [0.4, 0.5) is 10.1 Å². The second-order valence-electron chi connectivity index (χ2n) is 2.73. The Balaban J connectivity index is 2.44. The van der Waals surface area contributed by atoms with Crippen molar-refractivity contribution < 1.29 is 4.39 Å². The molecule has 1 N–H and O–H groups in total. The minimum absolute atomic E-state index is 0.270. The molecule has 0 unspecified atom stereocenters. The first kappa shape index (κ1) is 12.5. The van der Waals surface area contributed by atoms with E-state index in [2.05, 4.69) is 11.9 Å². The van der Waals surface area contributed by atoms with Crippen molar-refractivity contribution in [3.8, 4) is 0 Å². The van der Waals surface area contributed by atoms with Gasteiger partial charge in [0.2, 0.25) is 0 Å². The third-order valence-corrected chi connectivity index (χ3v) is 3.06. The van der Waals surface area contributed by atoms with Gasteiger partial charge < -0.3 is 5.32 Å². The molecule has 0 atom stereocenters. The summed E-state index contributed by atoms with van der Waals surface area (Å²) in [5.41, 5.74) is 0.758. The Morgan fingerprint density at radius 2 is 2.07 bits per heavy atom. The van der Waals surface area contributed by atoms with Gasteiger partial charge in [0.25, 0.3) is 0 Å². The van der Waals surface area contributed by atoms with Crippen molar-refractivity contribution in [2.75, 3.05) is 11.1 Å². The molecular formula is C10H9ClFNS2. The minimum Gasteiger partial charge on any atom is -0.341 e. The van der Waals surface area contributed by atoms with E-state index in [1.807, 2.05) is 0 Å². The van der Waals surface area contributed by atoms with Crippen LogP contribution in [0.5, 0.6) is 0 Å². The number of anilines is 1. The Bertz CT molecular complexity index is 364. The van der Waals surface area contributed by atoms with Crippen LogP contribution < -0.4 is 5.32 Å². The summed E-state index contributed by atoms with van der Waals surface area (Å²) < 4.78 is 13.2. The Morgan fingerprint density at radius 3 is 2.60 bits per heavy atom. The maximum Gasteiger partial charge on any atom is 0.138 e. The van der Waals surface area contributed by atoms with Crippen molar-refractivity contribution in [2.24, 2.45) is 0 Å². The number of halogens is 2. The molecule has 0 radical (unpaired) electrons. The quantitative estimate of drug-likeness (QED) is 0.826. The first-order chi connectivity index (χ1) is 7.08. The third kappa shape index (κ3) is 5.16. The summed E-state index contributed by atoms with van der Waals surface area (Å²) in [7, 11) is 0. The van der Waals surface area contributed by atoms with E-state index in [9.17, 15) is 4.39 Å². The first-order valence-corrected chi connectivity index (χ1v) is 5.88. The van der Waals surface area contributed by atoms with Gasteiger partial charge in [-0.1, -0.05) is 42.2 Å². The Hall–Kier alpha value is -0.580. The van der Waals surface area contributed by atoms with Crippen LogP contribution in [-0.2, 0) is 0 Å². The monoisotopic (exact) mass is 261 g/mol. The number of hydrogen-bond donors (Lipinski definition) is 1.